The molecule has 2 aromatic heterocycles. The van der Waals surface area contributed by atoms with Crippen LogP contribution in [-0.4, -0.2) is 9.97 Å². The van der Waals surface area contributed by atoms with Crippen LogP contribution in [0.3, 0.4) is 0 Å². The van der Waals surface area contributed by atoms with Crippen molar-refractivity contribution in [1.82, 2.24) is 9.97 Å². The zero-order chi connectivity index (χ0) is 11.8. The fourth-order valence-corrected chi connectivity index (χ4v) is 2.45. The molecule has 1 aromatic carbocycles. The summed E-state index contributed by atoms with van der Waals surface area (Å²) in [5, 5.41) is 0.621. The molecule has 0 saturated carbocycles. The lowest BCUT2D eigenvalue weighted by molar-refractivity contribution is 0.617. The van der Waals surface area contributed by atoms with Crippen LogP contribution >= 0.6 is 27.5 Å². The molecule has 2 heterocycles. The second-order valence-electron chi connectivity index (χ2n) is 3.50. The Morgan fingerprint density at radius 1 is 1.29 bits per heavy atom. The van der Waals surface area contributed by atoms with E-state index in [2.05, 4.69) is 25.9 Å². The van der Waals surface area contributed by atoms with Gasteiger partial charge in [0.1, 0.15) is 5.52 Å². The molecule has 0 aliphatic rings. The van der Waals surface area contributed by atoms with Crippen molar-refractivity contribution in [3.8, 4) is 11.5 Å². The minimum atomic E-state index is 0.538. The summed E-state index contributed by atoms with van der Waals surface area (Å²) >= 11 is 9.35. The molecule has 0 spiro atoms. The Labute approximate surface area is 111 Å². The topological polar surface area (TPSA) is 38.9 Å². The molecule has 3 aromatic rings. The van der Waals surface area contributed by atoms with Gasteiger partial charge in [0.2, 0.25) is 5.89 Å². The van der Waals surface area contributed by atoms with Crippen molar-refractivity contribution >= 4 is 38.6 Å². The number of fused-ring (bicyclic) bond motifs is 1. The van der Waals surface area contributed by atoms with E-state index in [0.29, 0.717) is 16.5 Å². The summed E-state index contributed by atoms with van der Waals surface area (Å²) < 4.78 is 6.48. The first-order valence-electron chi connectivity index (χ1n) is 4.90. The van der Waals surface area contributed by atoms with Crippen molar-refractivity contribution in [2.75, 3.05) is 0 Å². The summed E-state index contributed by atoms with van der Waals surface area (Å²) in [4.78, 5) is 8.42. The van der Waals surface area contributed by atoms with Crippen LogP contribution in [0.2, 0.25) is 5.02 Å². The van der Waals surface area contributed by atoms with Gasteiger partial charge in [-0.05, 0) is 40.2 Å². The number of pyridine rings is 1. The Bertz CT molecular complexity index is 682. The van der Waals surface area contributed by atoms with E-state index in [1.54, 1.807) is 24.5 Å². The van der Waals surface area contributed by atoms with Gasteiger partial charge in [-0.25, -0.2) is 4.98 Å². The molecule has 0 amide bonds. The molecule has 0 unspecified atom stereocenters. The molecule has 3 nitrogen and oxygen atoms in total. The summed E-state index contributed by atoms with van der Waals surface area (Å²) in [5.41, 5.74) is 2.25. The van der Waals surface area contributed by atoms with E-state index in [9.17, 15) is 0 Å². The van der Waals surface area contributed by atoms with Crippen molar-refractivity contribution in [1.29, 1.82) is 0 Å². The van der Waals surface area contributed by atoms with Crippen molar-refractivity contribution in [2.45, 2.75) is 0 Å². The molecule has 0 fully saturated rings. The van der Waals surface area contributed by atoms with Gasteiger partial charge in [0, 0.05) is 17.4 Å². The predicted octanol–water partition coefficient (Wildman–Crippen LogP) is 4.31. The van der Waals surface area contributed by atoms with E-state index in [4.69, 9.17) is 16.0 Å². The smallest absolute Gasteiger partial charge is 0.228 e. The molecular weight excluding hydrogens is 304 g/mol. The van der Waals surface area contributed by atoms with E-state index in [1.165, 1.54) is 0 Å². The number of hydrogen-bond donors (Lipinski definition) is 0. The number of aromatic nitrogens is 2. The SMILES string of the molecule is Clc1cc(Br)c2oc(-c3cccnc3)nc2c1. The minimum absolute atomic E-state index is 0.538. The molecule has 0 atom stereocenters. The monoisotopic (exact) mass is 308 g/mol. The highest BCUT2D eigenvalue weighted by Crippen LogP contribution is 2.31. The molecule has 3 rings (SSSR count). The summed E-state index contributed by atoms with van der Waals surface area (Å²) in [6.07, 6.45) is 3.42. The Kier molecular flexibility index (Phi) is 2.61. The average molecular weight is 310 g/mol. The molecule has 0 aliphatic carbocycles. The molecule has 84 valence electrons. The second-order valence-corrected chi connectivity index (χ2v) is 4.79. The number of halogens is 2. The number of rotatable bonds is 1. The molecule has 0 aliphatic heterocycles. The molecule has 0 radical (unpaired) electrons. The van der Waals surface area contributed by atoms with Gasteiger partial charge in [-0.3, -0.25) is 4.98 Å². The van der Waals surface area contributed by atoms with Crippen LogP contribution in [0.15, 0.2) is 45.5 Å². The van der Waals surface area contributed by atoms with Crippen molar-refractivity contribution in [3.63, 3.8) is 0 Å². The number of benzene rings is 1. The zero-order valence-corrected chi connectivity index (χ0v) is 10.9. The third-order valence-corrected chi connectivity index (χ3v) is 3.13. The molecule has 0 saturated heterocycles. The standard InChI is InChI=1S/C12H6BrClN2O/c13-9-4-8(14)5-10-11(9)17-12(16-10)7-2-1-3-15-6-7/h1-6H. The zero-order valence-electron chi connectivity index (χ0n) is 8.52. The van der Waals surface area contributed by atoms with Gasteiger partial charge in [-0.1, -0.05) is 11.6 Å². The highest BCUT2D eigenvalue weighted by molar-refractivity contribution is 9.10. The van der Waals surface area contributed by atoms with E-state index in [0.717, 1.165) is 15.6 Å². The lowest BCUT2D eigenvalue weighted by atomic mass is 10.3. The number of hydrogen-bond acceptors (Lipinski definition) is 3. The fourth-order valence-electron chi connectivity index (χ4n) is 1.57. The second kappa shape index (κ2) is 4.13. The number of oxazole rings is 1. The van der Waals surface area contributed by atoms with Crippen LogP contribution in [0, 0.1) is 0 Å². The van der Waals surface area contributed by atoms with Crippen LogP contribution in [0.4, 0.5) is 0 Å². The van der Waals surface area contributed by atoms with Gasteiger partial charge in [-0.2, -0.15) is 0 Å². The molecule has 0 bridgehead atoms. The van der Waals surface area contributed by atoms with Crippen molar-refractivity contribution in [3.05, 3.63) is 46.2 Å². The minimum Gasteiger partial charge on any atom is -0.435 e. The van der Waals surface area contributed by atoms with Gasteiger partial charge in [-0.15, -0.1) is 0 Å². The van der Waals surface area contributed by atoms with E-state index >= 15 is 0 Å². The molecular formula is C12H6BrClN2O. The van der Waals surface area contributed by atoms with Crippen LogP contribution in [0.1, 0.15) is 0 Å². The first-order valence-corrected chi connectivity index (χ1v) is 6.07. The lowest BCUT2D eigenvalue weighted by Gasteiger charge is -1.92. The lowest BCUT2D eigenvalue weighted by Crippen LogP contribution is -1.77. The summed E-state index contributed by atoms with van der Waals surface area (Å²) in [5.74, 6) is 0.538. The largest absolute Gasteiger partial charge is 0.435 e. The van der Waals surface area contributed by atoms with Crippen molar-refractivity contribution in [2.24, 2.45) is 0 Å². The third kappa shape index (κ3) is 1.94. The Hall–Kier alpha value is -1.39. The first-order chi connectivity index (χ1) is 8.24. The van der Waals surface area contributed by atoms with E-state index in [-0.39, 0.29) is 0 Å². The summed E-state index contributed by atoms with van der Waals surface area (Å²) in [6.45, 7) is 0. The normalized spacial score (nSPS) is 10.9. The Morgan fingerprint density at radius 2 is 2.18 bits per heavy atom. The van der Waals surface area contributed by atoms with Crippen LogP contribution in [-0.2, 0) is 0 Å². The van der Waals surface area contributed by atoms with Gasteiger partial charge in [0.15, 0.2) is 5.58 Å². The predicted molar refractivity (Wildman–Crippen MR) is 70.0 cm³/mol. The highest BCUT2D eigenvalue weighted by Gasteiger charge is 2.11. The maximum Gasteiger partial charge on any atom is 0.228 e. The third-order valence-electron chi connectivity index (χ3n) is 2.32. The van der Waals surface area contributed by atoms with Crippen LogP contribution in [0.5, 0.6) is 0 Å². The van der Waals surface area contributed by atoms with Crippen LogP contribution < -0.4 is 0 Å². The maximum atomic E-state index is 5.96. The van der Waals surface area contributed by atoms with Gasteiger partial charge >= 0.3 is 0 Å². The first kappa shape index (κ1) is 10.7. The number of nitrogens with zero attached hydrogens (tertiary/aromatic N) is 2. The Balaban J connectivity index is 2.24. The van der Waals surface area contributed by atoms with E-state index < -0.39 is 0 Å². The van der Waals surface area contributed by atoms with Crippen molar-refractivity contribution < 1.29 is 4.42 Å². The van der Waals surface area contributed by atoms with Gasteiger partial charge in [0.25, 0.3) is 0 Å². The fraction of sp³-hybridized carbons (Fsp3) is 0. The molecule has 17 heavy (non-hydrogen) atoms. The van der Waals surface area contributed by atoms with Gasteiger partial charge in [0.05, 0.1) is 10.0 Å². The maximum absolute atomic E-state index is 5.96. The van der Waals surface area contributed by atoms with Crippen LogP contribution in [0.25, 0.3) is 22.6 Å². The Morgan fingerprint density at radius 3 is 2.94 bits per heavy atom. The molecule has 5 heteroatoms. The summed E-state index contributed by atoms with van der Waals surface area (Å²) in [7, 11) is 0. The summed E-state index contributed by atoms with van der Waals surface area (Å²) in [6, 6.07) is 7.28. The highest BCUT2D eigenvalue weighted by atomic mass is 79.9. The molecule has 0 N–H and O–H groups in total. The average Bonchev–Trinajstić information content (AvgIpc) is 2.74. The van der Waals surface area contributed by atoms with Gasteiger partial charge < -0.3 is 4.42 Å². The van der Waals surface area contributed by atoms with E-state index in [1.807, 2.05) is 12.1 Å². The quantitative estimate of drug-likeness (QED) is 0.672.